The molecule has 0 fully saturated rings. The third-order valence-corrected chi connectivity index (χ3v) is 3.65. The van der Waals surface area contributed by atoms with E-state index in [1.807, 2.05) is 6.08 Å². The zero-order valence-electron chi connectivity index (χ0n) is 14.4. The van der Waals surface area contributed by atoms with Crippen LogP contribution >= 0.6 is 0 Å². The van der Waals surface area contributed by atoms with E-state index < -0.39 is 6.10 Å². The minimum Gasteiger partial charge on any atom is -0.457 e. The number of hydrogen-bond acceptors (Lipinski definition) is 4. The lowest BCUT2D eigenvalue weighted by Crippen LogP contribution is -2.25. The Hall–Kier alpha value is -1.13. The van der Waals surface area contributed by atoms with E-state index in [-0.39, 0.29) is 19.2 Å². The maximum atomic E-state index is 11.4. The van der Waals surface area contributed by atoms with E-state index >= 15 is 0 Å². The largest absolute Gasteiger partial charge is 0.457 e. The van der Waals surface area contributed by atoms with Gasteiger partial charge < -0.3 is 14.9 Å². The van der Waals surface area contributed by atoms with Crippen molar-refractivity contribution in [2.75, 3.05) is 13.2 Å². The van der Waals surface area contributed by atoms with Crippen LogP contribution in [-0.2, 0) is 9.53 Å². The molecule has 0 unspecified atom stereocenters. The van der Waals surface area contributed by atoms with E-state index in [2.05, 4.69) is 18.7 Å². The van der Waals surface area contributed by atoms with Crippen LogP contribution in [0, 0.1) is 0 Å². The average Bonchev–Trinajstić information content (AvgIpc) is 2.56. The van der Waals surface area contributed by atoms with Crippen molar-refractivity contribution in [3.05, 3.63) is 24.8 Å². The molecule has 4 heteroatoms. The van der Waals surface area contributed by atoms with Crippen molar-refractivity contribution < 1.29 is 19.7 Å². The standard InChI is InChI=1S/C19H34O4/c1-2-3-4-5-6-7-8-9-10-11-12-13-14-15-19(22)23-18(16-20)17-21/h2,6-7,18,20-21H,1,3-5,8-17H2/b7-6+. The summed E-state index contributed by atoms with van der Waals surface area (Å²) in [6, 6.07) is 0. The third kappa shape index (κ3) is 15.5. The number of rotatable bonds is 16. The maximum Gasteiger partial charge on any atom is 0.306 e. The van der Waals surface area contributed by atoms with Gasteiger partial charge in [0, 0.05) is 6.42 Å². The number of ether oxygens (including phenoxy) is 1. The molecule has 2 N–H and O–H groups in total. The Kier molecular flexibility index (Phi) is 16.4. The predicted octanol–water partition coefficient (Wildman–Crippen LogP) is 3.92. The molecule has 0 bridgehead atoms. The number of aliphatic hydroxyl groups excluding tert-OH is 2. The molecule has 0 aliphatic heterocycles. The zero-order valence-corrected chi connectivity index (χ0v) is 14.4. The lowest BCUT2D eigenvalue weighted by Gasteiger charge is -2.12. The first-order chi connectivity index (χ1) is 11.2. The highest BCUT2D eigenvalue weighted by atomic mass is 16.6. The fourth-order valence-corrected chi connectivity index (χ4v) is 2.23. The molecule has 0 aromatic heterocycles. The molecule has 0 heterocycles. The lowest BCUT2D eigenvalue weighted by atomic mass is 10.1. The summed E-state index contributed by atoms with van der Waals surface area (Å²) in [5.74, 6) is -0.334. The van der Waals surface area contributed by atoms with Gasteiger partial charge in [-0.3, -0.25) is 4.79 Å². The smallest absolute Gasteiger partial charge is 0.306 e. The van der Waals surface area contributed by atoms with E-state index in [1.165, 1.54) is 25.7 Å². The summed E-state index contributed by atoms with van der Waals surface area (Å²) in [6.45, 7) is 3.05. The van der Waals surface area contributed by atoms with Gasteiger partial charge in [0.15, 0.2) is 0 Å². The van der Waals surface area contributed by atoms with Crippen LogP contribution < -0.4 is 0 Å². The molecule has 23 heavy (non-hydrogen) atoms. The normalized spacial score (nSPS) is 11.3. The Balaban J connectivity index is 3.30. The first-order valence-corrected chi connectivity index (χ1v) is 8.91. The molecule has 0 saturated carbocycles. The van der Waals surface area contributed by atoms with Crippen molar-refractivity contribution in [3.8, 4) is 0 Å². The van der Waals surface area contributed by atoms with Crippen LogP contribution in [0.3, 0.4) is 0 Å². The van der Waals surface area contributed by atoms with Gasteiger partial charge in [0.25, 0.3) is 0 Å². The zero-order chi connectivity index (χ0) is 17.2. The molecule has 0 aliphatic carbocycles. The summed E-state index contributed by atoms with van der Waals surface area (Å²) in [6.07, 6.45) is 17.3. The first-order valence-electron chi connectivity index (χ1n) is 8.91. The average molecular weight is 326 g/mol. The van der Waals surface area contributed by atoms with E-state index in [0.717, 1.165) is 38.5 Å². The van der Waals surface area contributed by atoms with Crippen molar-refractivity contribution >= 4 is 5.97 Å². The Morgan fingerprint density at radius 3 is 2.04 bits per heavy atom. The number of carbonyl (C=O) groups excluding carboxylic acids is 1. The molecule has 0 amide bonds. The molecular weight excluding hydrogens is 292 g/mol. The Bertz CT molecular complexity index is 308. The van der Waals surface area contributed by atoms with Crippen LogP contribution in [0.15, 0.2) is 24.8 Å². The predicted molar refractivity (Wildman–Crippen MR) is 94.2 cm³/mol. The summed E-state index contributed by atoms with van der Waals surface area (Å²) >= 11 is 0. The fraction of sp³-hybridized carbons (Fsp3) is 0.737. The number of aliphatic hydroxyl groups is 2. The second-order valence-electron chi connectivity index (χ2n) is 5.83. The summed E-state index contributed by atoms with van der Waals surface area (Å²) < 4.78 is 4.90. The summed E-state index contributed by atoms with van der Waals surface area (Å²) in [5.41, 5.74) is 0. The van der Waals surface area contributed by atoms with Gasteiger partial charge in [-0.2, -0.15) is 0 Å². The minimum atomic E-state index is -0.771. The molecule has 0 aromatic rings. The molecule has 134 valence electrons. The van der Waals surface area contributed by atoms with Crippen LogP contribution in [0.4, 0.5) is 0 Å². The molecule has 0 radical (unpaired) electrons. The van der Waals surface area contributed by atoms with Crippen molar-refractivity contribution in [3.63, 3.8) is 0 Å². The molecular formula is C19H34O4. The Morgan fingerprint density at radius 1 is 0.870 bits per heavy atom. The third-order valence-electron chi connectivity index (χ3n) is 3.65. The number of unbranched alkanes of at least 4 members (excludes halogenated alkanes) is 8. The van der Waals surface area contributed by atoms with Gasteiger partial charge in [0.1, 0.15) is 6.10 Å². The molecule has 4 nitrogen and oxygen atoms in total. The van der Waals surface area contributed by atoms with E-state index in [9.17, 15) is 4.79 Å². The topological polar surface area (TPSA) is 66.8 Å². The maximum absolute atomic E-state index is 11.4. The summed E-state index contributed by atoms with van der Waals surface area (Å²) in [7, 11) is 0. The molecule has 0 aliphatic rings. The highest BCUT2D eigenvalue weighted by Gasteiger charge is 2.11. The quantitative estimate of drug-likeness (QED) is 0.256. The number of carbonyl (C=O) groups is 1. The van der Waals surface area contributed by atoms with Gasteiger partial charge in [0.05, 0.1) is 13.2 Å². The van der Waals surface area contributed by atoms with Gasteiger partial charge in [0.2, 0.25) is 0 Å². The Morgan fingerprint density at radius 2 is 1.43 bits per heavy atom. The van der Waals surface area contributed by atoms with Crippen LogP contribution in [-0.4, -0.2) is 35.5 Å². The van der Waals surface area contributed by atoms with Crippen molar-refractivity contribution in [2.24, 2.45) is 0 Å². The van der Waals surface area contributed by atoms with Gasteiger partial charge >= 0.3 is 5.97 Å². The highest BCUT2D eigenvalue weighted by molar-refractivity contribution is 5.69. The van der Waals surface area contributed by atoms with Crippen LogP contribution in [0.1, 0.15) is 70.6 Å². The lowest BCUT2D eigenvalue weighted by molar-refractivity contribution is -0.153. The number of esters is 1. The number of hydrogen-bond donors (Lipinski definition) is 2. The number of allylic oxidation sites excluding steroid dienone is 3. The first kappa shape index (κ1) is 21.9. The highest BCUT2D eigenvalue weighted by Crippen LogP contribution is 2.10. The van der Waals surface area contributed by atoms with Gasteiger partial charge in [-0.15, -0.1) is 6.58 Å². The van der Waals surface area contributed by atoms with Crippen molar-refractivity contribution in [2.45, 2.75) is 76.7 Å². The SMILES string of the molecule is C=CCCC/C=C/CCCCCCCCC(=O)OC(CO)CO. The molecule has 0 rings (SSSR count). The second kappa shape index (κ2) is 17.2. The molecule has 0 aromatic carbocycles. The van der Waals surface area contributed by atoms with E-state index in [1.54, 1.807) is 0 Å². The monoisotopic (exact) mass is 326 g/mol. The van der Waals surface area contributed by atoms with Gasteiger partial charge in [-0.25, -0.2) is 0 Å². The van der Waals surface area contributed by atoms with Gasteiger partial charge in [-0.1, -0.05) is 43.9 Å². The van der Waals surface area contributed by atoms with Crippen molar-refractivity contribution in [1.29, 1.82) is 0 Å². The van der Waals surface area contributed by atoms with Gasteiger partial charge in [-0.05, 0) is 38.5 Å². The van der Waals surface area contributed by atoms with Crippen LogP contribution in [0.2, 0.25) is 0 Å². The fourth-order valence-electron chi connectivity index (χ4n) is 2.23. The van der Waals surface area contributed by atoms with E-state index in [4.69, 9.17) is 14.9 Å². The minimum absolute atomic E-state index is 0.328. The van der Waals surface area contributed by atoms with Crippen molar-refractivity contribution in [1.82, 2.24) is 0 Å². The molecule has 0 saturated heterocycles. The Labute approximate surface area is 141 Å². The van der Waals surface area contributed by atoms with Crippen LogP contribution in [0.25, 0.3) is 0 Å². The summed E-state index contributed by atoms with van der Waals surface area (Å²) in [5, 5.41) is 17.6. The van der Waals surface area contributed by atoms with Crippen LogP contribution in [0.5, 0.6) is 0 Å². The second-order valence-corrected chi connectivity index (χ2v) is 5.83. The molecule has 0 spiro atoms. The summed E-state index contributed by atoms with van der Waals surface area (Å²) in [4.78, 5) is 11.4. The molecule has 0 atom stereocenters. The van der Waals surface area contributed by atoms with E-state index in [0.29, 0.717) is 6.42 Å².